The largest absolute Gasteiger partial charge is 0.466 e. The summed E-state index contributed by atoms with van der Waals surface area (Å²) in [5, 5.41) is 0. The Morgan fingerprint density at radius 3 is 2.54 bits per heavy atom. The van der Waals surface area contributed by atoms with Crippen LogP contribution in [0.4, 0.5) is 0 Å². The summed E-state index contributed by atoms with van der Waals surface area (Å²) >= 11 is 0. The number of carbonyl (C=O) groups excluding carboxylic acids is 1. The summed E-state index contributed by atoms with van der Waals surface area (Å²) in [6.45, 7) is 7.20. The Bertz CT molecular complexity index is 1820. The van der Waals surface area contributed by atoms with Crippen LogP contribution < -0.4 is 0 Å². The van der Waals surface area contributed by atoms with E-state index in [1.807, 2.05) is 18.2 Å². The highest BCUT2D eigenvalue weighted by molar-refractivity contribution is 5.91. The Kier molecular flexibility index (Phi) is 7.08. The molecule has 0 saturated heterocycles. The molecular weight excluding hydrogens is 508 g/mol. The molecule has 2 unspecified atom stereocenters. The number of benzene rings is 3. The minimum Gasteiger partial charge on any atom is -0.466 e. The van der Waals surface area contributed by atoms with Crippen LogP contribution in [0.2, 0.25) is 0 Å². The lowest BCUT2D eigenvalue weighted by Gasteiger charge is -2.26. The first-order chi connectivity index (χ1) is 19.9. The average Bonchev–Trinajstić information content (AvgIpc) is 3.50. The number of hydrogen-bond donors (Lipinski definition) is 0. The van der Waals surface area contributed by atoms with Crippen molar-refractivity contribution in [3.05, 3.63) is 107 Å². The Morgan fingerprint density at radius 1 is 1.02 bits per heavy atom. The number of para-hydroxylation sites is 2. The molecule has 0 aliphatic heterocycles. The van der Waals surface area contributed by atoms with E-state index >= 15 is 0 Å². The molecule has 2 aromatic heterocycles. The van der Waals surface area contributed by atoms with Crippen LogP contribution >= 0.6 is 0 Å². The third-order valence-corrected chi connectivity index (χ3v) is 8.29. The number of ether oxygens (including phenoxy) is 1. The standard InChI is InChI=1S/C35H36N4O2/c1-6-10-31-37-33-23(3)19-26(34-36-28-13-7-8-14-29(28)38(34)4)20-30(33)39(31)21-24-15-17-25(18-16-24)32-22(2)11-9-12-27(32)35(40)41-5/h7-9,11-20,22,32H,6,10,21H2,1-5H3. The second-order valence-corrected chi connectivity index (χ2v) is 11.1. The highest BCUT2D eigenvalue weighted by Crippen LogP contribution is 2.37. The SMILES string of the molecule is CCCc1nc2c(C)cc(-c3nc4ccccc4n3C)cc2n1Cc1ccc(C2C(C(=O)OC)=CC=CC2C)cc1. The van der Waals surface area contributed by atoms with Crippen molar-refractivity contribution in [2.45, 2.75) is 46.1 Å². The third kappa shape index (κ3) is 4.77. The number of aryl methyl sites for hydroxylation is 3. The van der Waals surface area contributed by atoms with Gasteiger partial charge in [-0.05, 0) is 60.2 Å². The first-order valence-electron chi connectivity index (χ1n) is 14.4. The second kappa shape index (κ2) is 10.8. The van der Waals surface area contributed by atoms with E-state index in [1.54, 1.807) is 0 Å². The summed E-state index contributed by atoms with van der Waals surface area (Å²) in [6, 6.07) is 21.4. The van der Waals surface area contributed by atoms with Crippen LogP contribution in [-0.4, -0.2) is 32.2 Å². The van der Waals surface area contributed by atoms with E-state index in [9.17, 15) is 4.79 Å². The van der Waals surface area contributed by atoms with Crippen molar-refractivity contribution in [1.29, 1.82) is 0 Å². The predicted octanol–water partition coefficient (Wildman–Crippen LogP) is 7.29. The number of rotatable bonds is 7. The number of allylic oxidation sites excluding steroid dienone is 3. The van der Waals surface area contributed by atoms with Crippen LogP contribution in [0.1, 0.15) is 48.7 Å². The molecule has 5 aromatic rings. The number of imidazole rings is 2. The Balaban J connectivity index is 1.39. The zero-order valence-electron chi connectivity index (χ0n) is 24.4. The number of methoxy groups -OCH3 is 1. The Hall–Kier alpha value is -4.45. The maximum absolute atomic E-state index is 12.5. The topological polar surface area (TPSA) is 61.9 Å². The molecule has 6 rings (SSSR count). The minimum absolute atomic E-state index is 0.0234. The highest BCUT2D eigenvalue weighted by atomic mass is 16.5. The summed E-state index contributed by atoms with van der Waals surface area (Å²) in [6.07, 6.45) is 7.90. The molecule has 0 fully saturated rings. The molecule has 0 radical (unpaired) electrons. The summed E-state index contributed by atoms with van der Waals surface area (Å²) in [5.74, 6) is 1.97. The molecule has 41 heavy (non-hydrogen) atoms. The zero-order valence-corrected chi connectivity index (χ0v) is 24.4. The van der Waals surface area contributed by atoms with Crippen molar-refractivity contribution in [3.8, 4) is 11.4 Å². The van der Waals surface area contributed by atoms with Gasteiger partial charge >= 0.3 is 5.97 Å². The quantitative estimate of drug-likeness (QED) is 0.202. The molecule has 6 nitrogen and oxygen atoms in total. The van der Waals surface area contributed by atoms with E-state index in [1.165, 1.54) is 12.7 Å². The van der Waals surface area contributed by atoms with Gasteiger partial charge in [-0.25, -0.2) is 14.8 Å². The van der Waals surface area contributed by atoms with Crippen molar-refractivity contribution < 1.29 is 9.53 Å². The number of carbonyl (C=O) groups is 1. The fourth-order valence-electron chi connectivity index (χ4n) is 6.21. The van der Waals surface area contributed by atoms with E-state index in [0.29, 0.717) is 5.57 Å². The predicted molar refractivity (Wildman–Crippen MR) is 165 cm³/mol. The van der Waals surface area contributed by atoms with Gasteiger partial charge < -0.3 is 13.9 Å². The lowest BCUT2D eigenvalue weighted by atomic mass is 9.78. The maximum Gasteiger partial charge on any atom is 0.334 e. The fraction of sp³-hybridized carbons (Fsp3) is 0.286. The van der Waals surface area contributed by atoms with E-state index in [4.69, 9.17) is 14.7 Å². The van der Waals surface area contributed by atoms with Gasteiger partial charge in [0.15, 0.2) is 0 Å². The van der Waals surface area contributed by atoms with Gasteiger partial charge in [-0.15, -0.1) is 0 Å². The van der Waals surface area contributed by atoms with Crippen molar-refractivity contribution in [1.82, 2.24) is 19.1 Å². The number of esters is 1. The zero-order chi connectivity index (χ0) is 28.7. The molecule has 1 aliphatic rings. The van der Waals surface area contributed by atoms with Crippen molar-refractivity contribution in [2.75, 3.05) is 7.11 Å². The maximum atomic E-state index is 12.5. The van der Waals surface area contributed by atoms with Crippen LogP contribution in [0.5, 0.6) is 0 Å². The molecule has 208 valence electrons. The van der Waals surface area contributed by atoms with Crippen LogP contribution in [0.15, 0.2) is 84.5 Å². The van der Waals surface area contributed by atoms with Crippen LogP contribution in [0.3, 0.4) is 0 Å². The van der Waals surface area contributed by atoms with Crippen molar-refractivity contribution in [2.24, 2.45) is 13.0 Å². The molecule has 0 saturated carbocycles. The number of hydrogen-bond acceptors (Lipinski definition) is 4. The molecule has 0 amide bonds. The second-order valence-electron chi connectivity index (χ2n) is 11.1. The highest BCUT2D eigenvalue weighted by Gasteiger charge is 2.29. The van der Waals surface area contributed by atoms with Crippen LogP contribution in [0, 0.1) is 12.8 Å². The molecule has 0 spiro atoms. The monoisotopic (exact) mass is 544 g/mol. The van der Waals surface area contributed by atoms with E-state index in [0.717, 1.165) is 69.8 Å². The van der Waals surface area contributed by atoms with Gasteiger partial charge in [-0.1, -0.05) is 68.5 Å². The smallest absolute Gasteiger partial charge is 0.334 e. The van der Waals surface area contributed by atoms with Crippen molar-refractivity contribution in [3.63, 3.8) is 0 Å². The fourth-order valence-corrected chi connectivity index (χ4v) is 6.21. The minimum atomic E-state index is -0.267. The van der Waals surface area contributed by atoms with Gasteiger partial charge in [-0.3, -0.25) is 0 Å². The van der Waals surface area contributed by atoms with Gasteiger partial charge in [-0.2, -0.15) is 0 Å². The molecule has 1 aliphatic carbocycles. The average molecular weight is 545 g/mol. The summed E-state index contributed by atoms with van der Waals surface area (Å²) < 4.78 is 9.61. The molecule has 0 bridgehead atoms. The van der Waals surface area contributed by atoms with Crippen LogP contribution in [0.25, 0.3) is 33.5 Å². The molecule has 2 atom stereocenters. The van der Waals surface area contributed by atoms with Gasteiger partial charge in [0.2, 0.25) is 0 Å². The molecule has 2 heterocycles. The molecule has 0 N–H and O–H groups in total. The number of fused-ring (bicyclic) bond motifs is 2. The van der Waals surface area contributed by atoms with E-state index in [2.05, 4.69) is 97.6 Å². The Morgan fingerprint density at radius 2 is 1.80 bits per heavy atom. The lowest BCUT2D eigenvalue weighted by Crippen LogP contribution is -2.20. The summed E-state index contributed by atoms with van der Waals surface area (Å²) in [5.41, 5.74) is 9.54. The van der Waals surface area contributed by atoms with Gasteiger partial charge in [0, 0.05) is 37.1 Å². The van der Waals surface area contributed by atoms with Gasteiger partial charge in [0.25, 0.3) is 0 Å². The van der Waals surface area contributed by atoms with Crippen molar-refractivity contribution >= 4 is 28.0 Å². The van der Waals surface area contributed by atoms with E-state index < -0.39 is 0 Å². The van der Waals surface area contributed by atoms with E-state index in [-0.39, 0.29) is 17.8 Å². The number of aromatic nitrogens is 4. The first-order valence-corrected chi connectivity index (χ1v) is 14.4. The van der Waals surface area contributed by atoms with Crippen LogP contribution in [-0.2, 0) is 29.5 Å². The normalized spacial score (nSPS) is 16.9. The molecule has 3 aromatic carbocycles. The Labute approximate surface area is 241 Å². The summed E-state index contributed by atoms with van der Waals surface area (Å²) in [4.78, 5) is 22.6. The lowest BCUT2D eigenvalue weighted by molar-refractivity contribution is -0.136. The number of nitrogens with zero attached hydrogens (tertiary/aromatic N) is 4. The molecule has 6 heteroatoms. The first kappa shape index (κ1) is 26.8. The summed E-state index contributed by atoms with van der Waals surface area (Å²) in [7, 11) is 3.52. The molecular formula is C35H36N4O2. The van der Waals surface area contributed by atoms with Gasteiger partial charge in [0.1, 0.15) is 11.6 Å². The van der Waals surface area contributed by atoms with Gasteiger partial charge in [0.05, 0.1) is 29.2 Å². The third-order valence-electron chi connectivity index (χ3n) is 8.29.